The molecule has 1 aromatic heterocycles. The quantitative estimate of drug-likeness (QED) is 0.901. The van der Waals surface area contributed by atoms with Crippen molar-refractivity contribution in [2.24, 2.45) is 0 Å². The van der Waals surface area contributed by atoms with Crippen LogP contribution in [-0.2, 0) is 14.8 Å². The molecular formula is C11H13N3O3S2. The van der Waals surface area contributed by atoms with Gasteiger partial charge in [-0.25, -0.2) is 8.42 Å². The monoisotopic (exact) mass is 299 g/mol. The van der Waals surface area contributed by atoms with Crippen LogP contribution >= 0.6 is 11.3 Å². The molecule has 102 valence electrons. The second-order valence-electron chi connectivity index (χ2n) is 4.30. The lowest BCUT2D eigenvalue weighted by atomic mass is 10.2. The van der Waals surface area contributed by atoms with Gasteiger partial charge in [0.25, 0.3) is 0 Å². The molecule has 1 amide bonds. The van der Waals surface area contributed by atoms with Crippen molar-refractivity contribution < 1.29 is 13.2 Å². The van der Waals surface area contributed by atoms with Crippen LogP contribution in [0, 0.1) is 11.3 Å². The molecule has 1 aliphatic heterocycles. The molecule has 1 N–H and O–H groups in total. The number of hydrogen-bond donors (Lipinski definition) is 1. The number of nitrogens with zero attached hydrogens (tertiary/aromatic N) is 2. The fourth-order valence-electron chi connectivity index (χ4n) is 2.09. The van der Waals surface area contributed by atoms with Crippen LogP contribution in [0.3, 0.4) is 0 Å². The first-order valence-electron chi connectivity index (χ1n) is 5.69. The largest absolute Gasteiger partial charge is 0.315 e. The zero-order chi connectivity index (χ0) is 14.0. The van der Waals surface area contributed by atoms with Gasteiger partial charge in [0.2, 0.25) is 15.9 Å². The maximum Gasteiger partial charge on any atom is 0.243 e. The molecule has 2 rings (SSSR count). The Morgan fingerprint density at radius 1 is 1.63 bits per heavy atom. The average molecular weight is 299 g/mol. The molecular weight excluding hydrogens is 286 g/mol. The van der Waals surface area contributed by atoms with Crippen LogP contribution in [0.25, 0.3) is 0 Å². The van der Waals surface area contributed by atoms with Crippen LogP contribution in [0.5, 0.6) is 0 Å². The fraction of sp³-hybridized carbons (Fsp3) is 0.455. The van der Waals surface area contributed by atoms with Crippen molar-refractivity contribution in [2.75, 3.05) is 18.1 Å². The van der Waals surface area contributed by atoms with Gasteiger partial charge < -0.3 is 5.32 Å². The molecule has 0 radical (unpaired) electrons. The van der Waals surface area contributed by atoms with Gasteiger partial charge >= 0.3 is 0 Å². The summed E-state index contributed by atoms with van der Waals surface area (Å²) in [5.74, 6) is -0.373. The minimum absolute atomic E-state index is 0.368. The molecule has 2 heterocycles. The first kappa shape index (κ1) is 14.0. The van der Waals surface area contributed by atoms with Crippen molar-refractivity contribution in [3.8, 4) is 6.07 Å². The lowest BCUT2D eigenvalue weighted by Crippen LogP contribution is -2.42. The van der Waals surface area contributed by atoms with Crippen molar-refractivity contribution in [3.63, 3.8) is 0 Å². The molecule has 0 aromatic carbocycles. The molecule has 8 heteroatoms. The zero-order valence-corrected chi connectivity index (χ0v) is 11.9. The standard InChI is InChI=1S/C11H13N3O3S2/c1-19(16,17)14-5-2-3-9(14)10(15)13-11-8(7-12)4-6-18-11/h4,6,9H,2-3,5H2,1H3,(H,13,15). The van der Waals surface area contributed by atoms with Crippen molar-refractivity contribution in [1.82, 2.24) is 4.31 Å². The molecule has 0 aliphatic carbocycles. The van der Waals surface area contributed by atoms with Gasteiger partial charge in [-0.3, -0.25) is 4.79 Å². The fourth-order valence-corrected chi connectivity index (χ4v) is 3.95. The van der Waals surface area contributed by atoms with E-state index in [0.29, 0.717) is 30.0 Å². The summed E-state index contributed by atoms with van der Waals surface area (Å²) in [7, 11) is -3.38. The van der Waals surface area contributed by atoms with E-state index in [2.05, 4.69) is 5.32 Å². The Morgan fingerprint density at radius 2 is 2.37 bits per heavy atom. The third-order valence-electron chi connectivity index (χ3n) is 2.95. The van der Waals surface area contributed by atoms with Crippen LogP contribution in [-0.4, -0.2) is 37.5 Å². The summed E-state index contributed by atoms with van der Waals surface area (Å²) in [4.78, 5) is 12.1. The highest BCUT2D eigenvalue weighted by Gasteiger charge is 2.36. The first-order chi connectivity index (χ1) is 8.93. The Balaban J connectivity index is 2.15. The number of anilines is 1. The van der Waals surface area contributed by atoms with Crippen molar-refractivity contribution in [1.29, 1.82) is 5.26 Å². The second kappa shape index (κ2) is 5.28. The number of hydrogen-bond acceptors (Lipinski definition) is 5. The molecule has 0 spiro atoms. The van der Waals surface area contributed by atoms with E-state index in [1.165, 1.54) is 15.6 Å². The Hall–Kier alpha value is -1.43. The van der Waals surface area contributed by atoms with E-state index in [9.17, 15) is 13.2 Å². The van der Waals surface area contributed by atoms with Crippen LogP contribution in [0.2, 0.25) is 0 Å². The Bertz CT molecular complexity index is 630. The van der Waals surface area contributed by atoms with Crippen LogP contribution < -0.4 is 5.32 Å². The van der Waals surface area contributed by atoms with Crippen molar-refractivity contribution >= 4 is 32.3 Å². The maximum atomic E-state index is 12.1. The number of nitrogens with one attached hydrogen (secondary N) is 1. The van der Waals surface area contributed by atoms with Gasteiger partial charge in [0, 0.05) is 6.54 Å². The van der Waals surface area contributed by atoms with E-state index < -0.39 is 16.1 Å². The summed E-state index contributed by atoms with van der Waals surface area (Å²) in [6, 6.07) is 2.91. The smallest absolute Gasteiger partial charge is 0.243 e. The van der Waals surface area contributed by atoms with Gasteiger partial charge in [-0.15, -0.1) is 11.3 Å². The van der Waals surface area contributed by atoms with E-state index in [4.69, 9.17) is 5.26 Å². The highest BCUT2D eigenvalue weighted by Crippen LogP contribution is 2.25. The minimum atomic E-state index is -3.38. The second-order valence-corrected chi connectivity index (χ2v) is 7.15. The summed E-state index contributed by atoms with van der Waals surface area (Å²) in [5.41, 5.74) is 0.391. The number of sulfonamides is 1. The molecule has 1 aliphatic rings. The number of carbonyl (C=O) groups is 1. The third-order valence-corrected chi connectivity index (χ3v) is 5.07. The topological polar surface area (TPSA) is 90.3 Å². The highest BCUT2D eigenvalue weighted by atomic mass is 32.2. The van der Waals surface area contributed by atoms with Crippen molar-refractivity contribution in [3.05, 3.63) is 17.0 Å². The summed E-state index contributed by atoms with van der Waals surface area (Å²) in [5, 5.41) is 13.7. The SMILES string of the molecule is CS(=O)(=O)N1CCCC1C(=O)Nc1sccc1C#N. The lowest BCUT2D eigenvalue weighted by Gasteiger charge is -2.20. The maximum absolute atomic E-state index is 12.1. The van der Waals surface area contributed by atoms with Gasteiger partial charge in [0.1, 0.15) is 17.1 Å². The summed E-state index contributed by atoms with van der Waals surface area (Å²) in [6.07, 6.45) is 2.28. The molecule has 6 nitrogen and oxygen atoms in total. The third kappa shape index (κ3) is 2.94. The van der Waals surface area contributed by atoms with Crippen LogP contribution in [0.1, 0.15) is 18.4 Å². The van der Waals surface area contributed by atoms with E-state index in [-0.39, 0.29) is 5.91 Å². The Morgan fingerprint density at radius 3 is 3.00 bits per heavy atom. The normalized spacial score (nSPS) is 20.1. The molecule has 1 aromatic rings. The summed E-state index contributed by atoms with van der Waals surface area (Å²) >= 11 is 1.25. The van der Waals surface area contributed by atoms with Crippen molar-refractivity contribution in [2.45, 2.75) is 18.9 Å². The van der Waals surface area contributed by atoms with Crippen LogP contribution in [0.4, 0.5) is 5.00 Å². The molecule has 1 fully saturated rings. The predicted molar refractivity (Wildman–Crippen MR) is 72.2 cm³/mol. The number of thiophene rings is 1. The number of amides is 1. The molecule has 1 atom stereocenters. The Labute approximate surface area is 115 Å². The number of carbonyl (C=O) groups excluding carboxylic acids is 1. The van der Waals surface area contributed by atoms with Gasteiger partial charge in [-0.05, 0) is 24.3 Å². The number of nitriles is 1. The minimum Gasteiger partial charge on any atom is -0.315 e. The lowest BCUT2D eigenvalue weighted by molar-refractivity contribution is -0.119. The number of rotatable bonds is 3. The molecule has 0 saturated carbocycles. The van der Waals surface area contributed by atoms with Gasteiger partial charge in [0.15, 0.2) is 0 Å². The molecule has 1 saturated heterocycles. The van der Waals surface area contributed by atoms with Gasteiger partial charge in [0.05, 0.1) is 11.8 Å². The van der Waals surface area contributed by atoms with Crippen LogP contribution in [0.15, 0.2) is 11.4 Å². The molecule has 1 unspecified atom stereocenters. The molecule has 0 bridgehead atoms. The zero-order valence-electron chi connectivity index (χ0n) is 10.3. The van der Waals surface area contributed by atoms with Gasteiger partial charge in [-0.1, -0.05) is 0 Å². The van der Waals surface area contributed by atoms with E-state index in [1.807, 2.05) is 6.07 Å². The van der Waals surface area contributed by atoms with E-state index in [0.717, 1.165) is 6.26 Å². The molecule has 19 heavy (non-hydrogen) atoms. The van der Waals surface area contributed by atoms with E-state index in [1.54, 1.807) is 11.4 Å². The highest BCUT2D eigenvalue weighted by molar-refractivity contribution is 7.88. The Kier molecular flexibility index (Phi) is 3.89. The first-order valence-corrected chi connectivity index (χ1v) is 8.41. The average Bonchev–Trinajstić information content (AvgIpc) is 2.95. The van der Waals surface area contributed by atoms with Gasteiger partial charge in [-0.2, -0.15) is 9.57 Å². The summed E-state index contributed by atoms with van der Waals surface area (Å²) in [6.45, 7) is 0.368. The summed E-state index contributed by atoms with van der Waals surface area (Å²) < 4.78 is 24.4. The van der Waals surface area contributed by atoms with E-state index >= 15 is 0 Å². The predicted octanol–water partition coefficient (Wildman–Crippen LogP) is 0.982.